The first kappa shape index (κ1) is 12.3. The van der Waals surface area contributed by atoms with Gasteiger partial charge in [0.2, 0.25) is 0 Å². The number of nitrogens with one attached hydrogen (secondary N) is 1. The van der Waals surface area contributed by atoms with E-state index in [0.29, 0.717) is 16.6 Å². The van der Waals surface area contributed by atoms with Crippen LogP contribution in [0.5, 0.6) is 0 Å². The van der Waals surface area contributed by atoms with Gasteiger partial charge in [-0.2, -0.15) is 0 Å². The quantitative estimate of drug-likeness (QED) is 0.915. The molecule has 2 rings (SSSR count). The standard InChI is InChI=1S/C12H14N2OS2/c1-7(2)10-4-9(6-16-10)11(15)14-12-13-5-8(3)17-12/h4-7H,1-3H3,(H,13,14,15). The maximum absolute atomic E-state index is 11.9. The first-order valence-corrected chi connectivity index (χ1v) is 7.08. The number of carbonyl (C=O) groups excluding carboxylic acids is 1. The second kappa shape index (κ2) is 4.98. The summed E-state index contributed by atoms with van der Waals surface area (Å²) in [7, 11) is 0. The average Bonchev–Trinajstić information content (AvgIpc) is 2.86. The molecule has 5 heteroatoms. The van der Waals surface area contributed by atoms with Crippen LogP contribution in [0.25, 0.3) is 0 Å². The minimum Gasteiger partial charge on any atom is -0.298 e. The van der Waals surface area contributed by atoms with E-state index in [1.54, 1.807) is 17.5 Å². The Morgan fingerprint density at radius 2 is 2.24 bits per heavy atom. The lowest BCUT2D eigenvalue weighted by Gasteiger charge is -1.99. The molecule has 0 spiro atoms. The molecular weight excluding hydrogens is 252 g/mol. The molecule has 2 aromatic heterocycles. The summed E-state index contributed by atoms with van der Waals surface area (Å²) in [5, 5.41) is 5.36. The molecule has 90 valence electrons. The highest BCUT2D eigenvalue weighted by Crippen LogP contribution is 2.24. The largest absolute Gasteiger partial charge is 0.298 e. The van der Waals surface area contributed by atoms with Crippen LogP contribution in [0.1, 0.15) is 39.9 Å². The lowest BCUT2D eigenvalue weighted by molar-refractivity contribution is 0.102. The molecule has 0 saturated heterocycles. The number of amides is 1. The zero-order valence-corrected chi connectivity index (χ0v) is 11.6. The highest BCUT2D eigenvalue weighted by atomic mass is 32.1. The lowest BCUT2D eigenvalue weighted by atomic mass is 10.1. The van der Waals surface area contributed by atoms with Crippen LogP contribution in [0.4, 0.5) is 5.13 Å². The number of nitrogens with zero attached hydrogens (tertiary/aromatic N) is 1. The summed E-state index contributed by atoms with van der Waals surface area (Å²) in [4.78, 5) is 18.4. The van der Waals surface area contributed by atoms with Gasteiger partial charge in [-0.05, 0) is 18.9 Å². The number of anilines is 1. The van der Waals surface area contributed by atoms with Crippen LogP contribution in [0.2, 0.25) is 0 Å². The minimum atomic E-state index is -0.0810. The van der Waals surface area contributed by atoms with Gasteiger partial charge in [0.1, 0.15) is 0 Å². The predicted octanol–water partition coefficient (Wildman–Crippen LogP) is 3.89. The van der Waals surface area contributed by atoms with Crippen LogP contribution in [0, 0.1) is 6.92 Å². The topological polar surface area (TPSA) is 42.0 Å². The number of thiazole rings is 1. The van der Waals surface area contributed by atoms with Crippen LogP contribution in [-0.2, 0) is 0 Å². The number of aromatic nitrogens is 1. The molecule has 0 bridgehead atoms. The van der Waals surface area contributed by atoms with Crippen LogP contribution < -0.4 is 5.32 Å². The van der Waals surface area contributed by atoms with Gasteiger partial charge in [0, 0.05) is 21.3 Å². The molecule has 2 aromatic rings. The zero-order chi connectivity index (χ0) is 12.4. The van der Waals surface area contributed by atoms with Crippen molar-refractivity contribution < 1.29 is 4.79 Å². The minimum absolute atomic E-state index is 0.0810. The third kappa shape index (κ3) is 2.92. The molecular formula is C12H14N2OS2. The van der Waals surface area contributed by atoms with Gasteiger partial charge in [-0.3, -0.25) is 10.1 Å². The van der Waals surface area contributed by atoms with Gasteiger partial charge >= 0.3 is 0 Å². The highest BCUT2D eigenvalue weighted by molar-refractivity contribution is 7.15. The Morgan fingerprint density at radius 3 is 2.76 bits per heavy atom. The average molecular weight is 266 g/mol. The van der Waals surface area contributed by atoms with Crippen molar-refractivity contribution in [1.29, 1.82) is 0 Å². The van der Waals surface area contributed by atoms with E-state index < -0.39 is 0 Å². The summed E-state index contributed by atoms with van der Waals surface area (Å²) in [5.41, 5.74) is 0.714. The van der Waals surface area contributed by atoms with Crippen LogP contribution in [0.3, 0.4) is 0 Å². The Balaban J connectivity index is 2.09. The van der Waals surface area contributed by atoms with E-state index in [2.05, 4.69) is 24.1 Å². The molecule has 0 atom stereocenters. The van der Waals surface area contributed by atoms with Crippen LogP contribution in [-0.4, -0.2) is 10.9 Å². The fraction of sp³-hybridized carbons (Fsp3) is 0.333. The SMILES string of the molecule is Cc1cnc(NC(=O)c2csc(C(C)C)c2)s1. The maximum atomic E-state index is 11.9. The molecule has 0 aliphatic heterocycles. The summed E-state index contributed by atoms with van der Waals surface area (Å²) < 4.78 is 0. The molecule has 1 N–H and O–H groups in total. The molecule has 0 saturated carbocycles. The first-order chi connectivity index (χ1) is 8.06. The van der Waals surface area contributed by atoms with Crippen molar-refractivity contribution in [3.05, 3.63) is 33.0 Å². The number of aryl methyl sites for hydroxylation is 1. The molecule has 0 aliphatic rings. The van der Waals surface area contributed by atoms with Gasteiger partial charge in [0.25, 0.3) is 5.91 Å². The lowest BCUT2D eigenvalue weighted by Crippen LogP contribution is -2.10. The number of hydrogen-bond donors (Lipinski definition) is 1. The van der Waals surface area contributed by atoms with Crippen molar-refractivity contribution >= 4 is 33.7 Å². The van der Waals surface area contributed by atoms with Crippen molar-refractivity contribution in [1.82, 2.24) is 4.98 Å². The Kier molecular flexibility index (Phi) is 3.59. The molecule has 2 heterocycles. The third-order valence-corrected chi connectivity index (χ3v) is 4.35. The maximum Gasteiger partial charge on any atom is 0.258 e. The van der Waals surface area contributed by atoms with Crippen molar-refractivity contribution in [3.63, 3.8) is 0 Å². The summed E-state index contributed by atoms with van der Waals surface area (Å²) in [6, 6.07) is 1.95. The smallest absolute Gasteiger partial charge is 0.258 e. The number of carbonyl (C=O) groups is 1. The fourth-order valence-corrected chi connectivity index (χ4v) is 2.92. The van der Waals surface area contributed by atoms with Crippen molar-refractivity contribution in [3.8, 4) is 0 Å². The molecule has 0 aromatic carbocycles. The number of hydrogen-bond acceptors (Lipinski definition) is 4. The second-order valence-corrected chi connectivity index (χ2v) is 6.30. The van der Waals surface area contributed by atoms with Gasteiger partial charge in [0.05, 0.1) is 5.56 Å². The molecule has 0 fully saturated rings. The number of rotatable bonds is 3. The van der Waals surface area contributed by atoms with E-state index in [1.807, 2.05) is 18.4 Å². The van der Waals surface area contributed by atoms with Gasteiger partial charge in [-0.15, -0.1) is 22.7 Å². The van der Waals surface area contributed by atoms with E-state index in [1.165, 1.54) is 16.2 Å². The van der Waals surface area contributed by atoms with Gasteiger partial charge in [0.15, 0.2) is 5.13 Å². The molecule has 1 amide bonds. The molecule has 0 radical (unpaired) electrons. The normalized spacial score (nSPS) is 10.8. The number of thiophene rings is 1. The monoisotopic (exact) mass is 266 g/mol. The van der Waals surface area contributed by atoms with E-state index in [0.717, 1.165) is 4.88 Å². The second-order valence-electron chi connectivity index (χ2n) is 4.12. The zero-order valence-electron chi connectivity index (χ0n) is 9.98. The van der Waals surface area contributed by atoms with Crippen molar-refractivity contribution in [2.45, 2.75) is 26.7 Å². The van der Waals surface area contributed by atoms with Gasteiger partial charge in [-0.1, -0.05) is 13.8 Å². The van der Waals surface area contributed by atoms with Crippen molar-refractivity contribution in [2.75, 3.05) is 5.32 Å². The molecule has 0 unspecified atom stereocenters. The van der Waals surface area contributed by atoms with Gasteiger partial charge < -0.3 is 0 Å². The van der Waals surface area contributed by atoms with E-state index in [-0.39, 0.29) is 5.91 Å². The first-order valence-electron chi connectivity index (χ1n) is 5.38. The molecule has 3 nitrogen and oxygen atoms in total. The fourth-order valence-electron chi connectivity index (χ4n) is 1.36. The predicted molar refractivity (Wildman–Crippen MR) is 73.2 cm³/mol. The van der Waals surface area contributed by atoms with Crippen molar-refractivity contribution in [2.24, 2.45) is 0 Å². The van der Waals surface area contributed by atoms with Crippen LogP contribution >= 0.6 is 22.7 Å². The highest BCUT2D eigenvalue weighted by Gasteiger charge is 2.11. The molecule has 17 heavy (non-hydrogen) atoms. The third-order valence-electron chi connectivity index (χ3n) is 2.29. The summed E-state index contributed by atoms with van der Waals surface area (Å²) in [6.45, 7) is 6.21. The Labute approximate surface area is 109 Å². The van der Waals surface area contributed by atoms with Gasteiger partial charge in [-0.25, -0.2) is 4.98 Å². The molecule has 0 aliphatic carbocycles. The van der Waals surface area contributed by atoms with E-state index >= 15 is 0 Å². The summed E-state index contributed by atoms with van der Waals surface area (Å²) in [6.07, 6.45) is 1.76. The van der Waals surface area contributed by atoms with E-state index in [4.69, 9.17) is 0 Å². The summed E-state index contributed by atoms with van der Waals surface area (Å²) in [5.74, 6) is 0.381. The Hall–Kier alpha value is -1.20. The van der Waals surface area contributed by atoms with E-state index in [9.17, 15) is 4.79 Å². The Bertz CT molecular complexity index is 528. The summed E-state index contributed by atoms with van der Waals surface area (Å²) >= 11 is 3.11. The van der Waals surface area contributed by atoms with Crippen LogP contribution in [0.15, 0.2) is 17.6 Å². The Morgan fingerprint density at radius 1 is 1.47 bits per heavy atom.